The maximum absolute atomic E-state index is 5.69. The highest BCUT2D eigenvalue weighted by atomic mass is 15.1. The van der Waals surface area contributed by atoms with Gasteiger partial charge in [0, 0.05) is 25.3 Å². The Morgan fingerprint density at radius 2 is 2.45 bits per heavy atom. The number of rotatable bonds is 3. The maximum atomic E-state index is 5.69. The summed E-state index contributed by atoms with van der Waals surface area (Å²) in [6.45, 7) is 3.34. The van der Waals surface area contributed by atoms with E-state index in [1.165, 1.54) is 0 Å². The molecule has 11 heavy (non-hydrogen) atoms. The van der Waals surface area contributed by atoms with Gasteiger partial charge in [0.1, 0.15) is 0 Å². The Hall–Kier alpha value is -0.870. The van der Waals surface area contributed by atoms with Crippen LogP contribution in [0.5, 0.6) is 0 Å². The molecule has 62 valence electrons. The van der Waals surface area contributed by atoms with Crippen LogP contribution in [-0.4, -0.2) is 16.1 Å². The van der Waals surface area contributed by atoms with E-state index in [4.69, 9.17) is 11.5 Å². The molecule has 1 aromatic heterocycles. The van der Waals surface area contributed by atoms with E-state index in [1.54, 1.807) is 12.5 Å². The molecule has 0 aliphatic heterocycles. The summed E-state index contributed by atoms with van der Waals surface area (Å²) in [7, 11) is 0. The fourth-order valence-corrected chi connectivity index (χ4v) is 1.04. The molecular formula is C7H14N4. The van der Waals surface area contributed by atoms with Gasteiger partial charge in [0.05, 0.1) is 12.0 Å². The predicted molar refractivity (Wildman–Crippen MR) is 43.9 cm³/mol. The Morgan fingerprint density at radius 3 is 3.00 bits per heavy atom. The van der Waals surface area contributed by atoms with Gasteiger partial charge in [-0.3, -0.25) is 0 Å². The standard InChI is InChI=1S/C7H14N4/c1-6(9)7-4-10-5-11(7)3-2-8/h4-6H,2-3,8-9H2,1H3. The first kappa shape index (κ1) is 8.23. The van der Waals surface area contributed by atoms with Crippen LogP contribution in [0.1, 0.15) is 18.7 Å². The molecule has 4 N–H and O–H groups in total. The Bertz CT molecular complexity index is 216. The monoisotopic (exact) mass is 154 g/mol. The Kier molecular flexibility index (Phi) is 2.62. The first-order valence-corrected chi connectivity index (χ1v) is 3.71. The molecule has 0 spiro atoms. The fraction of sp³-hybridized carbons (Fsp3) is 0.571. The minimum absolute atomic E-state index is 0.0315. The summed E-state index contributed by atoms with van der Waals surface area (Å²) in [6, 6.07) is 0.0315. The van der Waals surface area contributed by atoms with Crippen molar-refractivity contribution in [3.8, 4) is 0 Å². The lowest BCUT2D eigenvalue weighted by Gasteiger charge is -2.08. The molecule has 0 aromatic carbocycles. The van der Waals surface area contributed by atoms with Crippen LogP contribution in [0.3, 0.4) is 0 Å². The van der Waals surface area contributed by atoms with Gasteiger partial charge < -0.3 is 16.0 Å². The van der Waals surface area contributed by atoms with Crippen molar-refractivity contribution < 1.29 is 0 Å². The van der Waals surface area contributed by atoms with Crippen molar-refractivity contribution in [3.63, 3.8) is 0 Å². The molecule has 0 radical (unpaired) electrons. The minimum Gasteiger partial charge on any atom is -0.332 e. The molecule has 0 saturated heterocycles. The highest BCUT2D eigenvalue weighted by Gasteiger charge is 2.04. The van der Waals surface area contributed by atoms with Crippen molar-refractivity contribution in [2.24, 2.45) is 11.5 Å². The van der Waals surface area contributed by atoms with Crippen LogP contribution in [0.4, 0.5) is 0 Å². The summed E-state index contributed by atoms with van der Waals surface area (Å²) in [5.74, 6) is 0. The molecule has 0 fully saturated rings. The summed E-state index contributed by atoms with van der Waals surface area (Å²) >= 11 is 0. The van der Waals surface area contributed by atoms with Gasteiger partial charge >= 0.3 is 0 Å². The molecule has 4 heteroatoms. The van der Waals surface area contributed by atoms with Crippen molar-refractivity contribution in [1.29, 1.82) is 0 Å². The van der Waals surface area contributed by atoms with Crippen molar-refractivity contribution in [1.82, 2.24) is 9.55 Å². The van der Waals surface area contributed by atoms with Crippen molar-refractivity contribution >= 4 is 0 Å². The third kappa shape index (κ3) is 1.78. The van der Waals surface area contributed by atoms with Gasteiger partial charge in [-0.2, -0.15) is 0 Å². The summed E-state index contributed by atoms with van der Waals surface area (Å²) < 4.78 is 1.98. The lowest BCUT2D eigenvalue weighted by molar-refractivity contribution is 0.632. The minimum atomic E-state index is 0.0315. The van der Waals surface area contributed by atoms with Crippen LogP contribution in [0, 0.1) is 0 Å². The highest BCUT2D eigenvalue weighted by Crippen LogP contribution is 2.07. The van der Waals surface area contributed by atoms with E-state index in [0.717, 1.165) is 12.2 Å². The third-order valence-corrected chi connectivity index (χ3v) is 1.58. The van der Waals surface area contributed by atoms with Crippen LogP contribution < -0.4 is 11.5 Å². The van der Waals surface area contributed by atoms with Gasteiger partial charge in [-0.1, -0.05) is 0 Å². The molecule has 0 amide bonds. The molecule has 0 saturated carbocycles. The number of nitrogens with zero attached hydrogens (tertiary/aromatic N) is 2. The summed E-state index contributed by atoms with van der Waals surface area (Å²) in [4.78, 5) is 3.99. The number of hydrogen-bond donors (Lipinski definition) is 2. The molecule has 0 aliphatic rings. The highest BCUT2D eigenvalue weighted by molar-refractivity contribution is 5.02. The second-order valence-corrected chi connectivity index (χ2v) is 2.59. The third-order valence-electron chi connectivity index (χ3n) is 1.58. The number of nitrogens with two attached hydrogens (primary N) is 2. The zero-order valence-electron chi connectivity index (χ0n) is 6.70. The van der Waals surface area contributed by atoms with Crippen molar-refractivity contribution in [3.05, 3.63) is 18.2 Å². The second kappa shape index (κ2) is 3.50. The zero-order chi connectivity index (χ0) is 8.27. The molecule has 4 nitrogen and oxygen atoms in total. The smallest absolute Gasteiger partial charge is 0.0949 e. The van der Waals surface area contributed by atoms with Gasteiger partial charge in [-0.15, -0.1) is 0 Å². The van der Waals surface area contributed by atoms with Crippen LogP contribution in [0.25, 0.3) is 0 Å². The average Bonchev–Trinajstić information content (AvgIpc) is 2.36. The molecular weight excluding hydrogens is 140 g/mol. The van der Waals surface area contributed by atoms with E-state index in [-0.39, 0.29) is 6.04 Å². The van der Waals surface area contributed by atoms with Gasteiger partial charge in [0.15, 0.2) is 0 Å². The first-order chi connectivity index (χ1) is 5.25. The van der Waals surface area contributed by atoms with Crippen LogP contribution >= 0.6 is 0 Å². The Balaban J connectivity index is 2.78. The average molecular weight is 154 g/mol. The largest absolute Gasteiger partial charge is 0.332 e. The van der Waals surface area contributed by atoms with Gasteiger partial charge in [-0.25, -0.2) is 4.98 Å². The van der Waals surface area contributed by atoms with E-state index >= 15 is 0 Å². The number of hydrogen-bond acceptors (Lipinski definition) is 3. The number of imidazole rings is 1. The summed E-state index contributed by atoms with van der Waals surface area (Å²) in [5.41, 5.74) is 12.1. The Labute approximate surface area is 66.2 Å². The van der Waals surface area contributed by atoms with Gasteiger partial charge in [0.25, 0.3) is 0 Å². The van der Waals surface area contributed by atoms with Crippen LogP contribution in [0.15, 0.2) is 12.5 Å². The molecule has 1 rings (SSSR count). The molecule has 0 aliphatic carbocycles. The van der Waals surface area contributed by atoms with Gasteiger partial charge in [0.2, 0.25) is 0 Å². The quantitative estimate of drug-likeness (QED) is 0.636. The second-order valence-electron chi connectivity index (χ2n) is 2.59. The molecule has 1 atom stereocenters. The topological polar surface area (TPSA) is 69.9 Å². The van der Waals surface area contributed by atoms with E-state index < -0.39 is 0 Å². The lowest BCUT2D eigenvalue weighted by atomic mass is 10.3. The van der Waals surface area contributed by atoms with Crippen LogP contribution in [0.2, 0.25) is 0 Å². The molecule has 1 heterocycles. The van der Waals surface area contributed by atoms with Gasteiger partial charge in [-0.05, 0) is 6.92 Å². The van der Waals surface area contributed by atoms with E-state index in [1.807, 2.05) is 11.5 Å². The van der Waals surface area contributed by atoms with E-state index in [0.29, 0.717) is 6.54 Å². The predicted octanol–water partition coefficient (Wildman–Crippen LogP) is -0.138. The SMILES string of the molecule is CC(N)c1cncn1CCN. The fourth-order valence-electron chi connectivity index (χ4n) is 1.04. The molecule has 1 aromatic rings. The summed E-state index contributed by atoms with van der Waals surface area (Å²) in [6.07, 6.45) is 3.53. The maximum Gasteiger partial charge on any atom is 0.0949 e. The van der Waals surface area contributed by atoms with Crippen molar-refractivity contribution in [2.45, 2.75) is 19.5 Å². The van der Waals surface area contributed by atoms with Crippen LogP contribution in [-0.2, 0) is 6.54 Å². The number of aromatic nitrogens is 2. The van der Waals surface area contributed by atoms with E-state index in [2.05, 4.69) is 4.98 Å². The normalized spacial score (nSPS) is 13.4. The van der Waals surface area contributed by atoms with Crippen molar-refractivity contribution in [2.75, 3.05) is 6.54 Å². The lowest BCUT2D eigenvalue weighted by Crippen LogP contribution is -2.16. The molecule has 0 bridgehead atoms. The zero-order valence-corrected chi connectivity index (χ0v) is 6.70. The first-order valence-electron chi connectivity index (χ1n) is 3.71. The summed E-state index contributed by atoms with van der Waals surface area (Å²) in [5, 5.41) is 0. The Morgan fingerprint density at radius 1 is 1.73 bits per heavy atom. The van der Waals surface area contributed by atoms with E-state index in [9.17, 15) is 0 Å². The molecule has 1 unspecified atom stereocenters.